The van der Waals surface area contributed by atoms with Crippen molar-refractivity contribution in [2.45, 2.75) is 13.5 Å². The van der Waals surface area contributed by atoms with Crippen LogP contribution in [-0.2, 0) is 6.61 Å². The van der Waals surface area contributed by atoms with E-state index in [4.69, 9.17) is 0 Å². The van der Waals surface area contributed by atoms with E-state index < -0.39 is 6.09 Å². The molecule has 0 bridgehead atoms. The minimum Gasteiger partial charge on any atom is -0.464 e. The number of aromatic nitrogens is 2. The van der Waals surface area contributed by atoms with Crippen LogP contribution in [0.15, 0.2) is 42.7 Å². The maximum atomic E-state index is 11.9. The van der Waals surface area contributed by atoms with Crippen molar-refractivity contribution in [3.8, 4) is 0 Å². The topological polar surface area (TPSA) is 75.4 Å². The Labute approximate surface area is 131 Å². The maximum Gasteiger partial charge on any atom is 0.416 e. The summed E-state index contributed by atoms with van der Waals surface area (Å²) in [7, 11) is 0. The number of aryl methyl sites for hydroxylation is 1. The van der Waals surface area contributed by atoms with Crippen molar-refractivity contribution in [1.82, 2.24) is 9.55 Å². The highest BCUT2D eigenvalue weighted by Gasteiger charge is 2.22. The average molecular weight is 306 g/mol. The van der Waals surface area contributed by atoms with E-state index in [0.717, 1.165) is 27.1 Å². The zero-order chi connectivity index (χ0) is 16.1. The summed E-state index contributed by atoms with van der Waals surface area (Å²) in [5.74, 6) is 0. The Morgan fingerprint density at radius 1 is 1.17 bits per heavy atom. The first-order chi connectivity index (χ1) is 11.1. The molecular formula is C18H14N2O3. The first kappa shape index (κ1) is 13.7. The minimum absolute atomic E-state index is 0.235. The molecule has 0 fully saturated rings. The van der Waals surface area contributed by atoms with Crippen molar-refractivity contribution in [1.29, 1.82) is 0 Å². The molecule has 0 unspecified atom stereocenters. The monoisotopic (exact) mass is 306 g/mol. The van der Waals surface area contributed by atoms with Crippen molar-refractivity contribution in [3.05, 3.63) is 53.9 Å². The number of hydrogen-bond acceptors (Lipinski definition) is 3. The Kier molecular flexibility index (Phi) is 2.86. The molecule has 23 heavy (non-hydrogen) atoms. The van der Waals surface area contributed by atoms with E-state index in [1.54, 1.807) is 18.5 Å². The van der Waals surface area contributed by atoms with Crippen molar-refractivity contribution < 1.29 is 15.0 Å². The summed E-state index contributed by atoms with van der Waals surface area (Å²) in [6.45, 7) is 1.73. The second-order valence-electron chi connectivity index (χ2n) is 5.54. The first-order valence-corrected chi connectivity index (χ1v) is 7.27. The van der Waals surface area contributed by atoms with Crippen LogP contribution in [0.4, 0.5) is 4.79 Å². The number of rotatable bonds is 1. The summed E-state index contributed by atoms with van der Waals surface area (Å²) in [6.07, 6.45) is 2.36. The van der Waals surface area contributed by atoms with Crippen LogP contribution in [0.3, 0.4) is 0 Å². The van der Waals surface area contributed by atoms with Gasteiger partial charge in [0, 0.05) is 34.1 Å². The van der Waals surface area contributed by atoms with Gasteiger partial charge in [0.2, 0.25) is 0 Å². The molecular weight excluding hydrogens is 292 g/mol. The Morgan fingerprint density at radius 2 is 1.96 bits per heavy atom. The van der Waals surface area contributed by atoms with Gasteiger partial charge in [-0.1, -0.05) is 18.2 Å². The van der Waals surface area contributed by atoms with Gasteiger partial charge in [-0.05, 0) is 30.0 Å². The molecule has 0 aliphatic heterocycles. The van der Waals surface area contributed by atoms with E-state index in [9.17, 15) is 15.0 Å². The smallest absolute Gasteiger partial charge is 0.416 e. The molecule has 2 aromatic carbocycles. The molecule has 0 aliphatic carbocycles. The fourth-order valence-corrected chi connectivity index (χ4v) is 3.48. The van der Waals surface area contributed by atoms with Gasteiger partial charge in [0.1, 0.15) is 0 Å². The van der Waals surface area contributed by atoms with Crippen molar-refractivity contribution >= 4 is 38.7 Å². The number of nitrogens with zero attached hydrogens (tertiary/aromatic N) is 2. The maximum absolute atomic E-state index is 11.9. The molecule has 5 nitrogen and oxygen atoms in total. The lowest BCUT2D eigenvalue weighted by atomic mass is 9.96. The molecule has 4 rings (SSSR count). The number of aliphatic hydroxyl groups is 1. The number of pyridine rings is 1. The van der Waals surface area contributed by atoms with Gasteiger partial charge in [0.25, 0.3) is 0 Å². The summed E-state index contributed by atoms with van der Waals surface area (Å²) in [5.41, 5.74) is 2.76. The Bertz CT molecular complexity index is 1100. The third-order valence-electron chi connectivity index (χ3n) is 4.44. The van der Waals surface area contributed by atoms with Crippen LogP contribution in [0, 0.1) is 6.92 Å². The van der Waals surface area contributed by atoms with Crippen LogP contribution < -0.4 is 0 Å². The number of para-hydroxylation sites is 1. The standard InChI is InChI=1S/C18H14N2O3/c1-10-13-8-19-7-6-11(13)14(9-21)17-16(10)12-4-2-3-5-15(12)20(17)18(22)23/h2-8,21H,9H2,1H3,(H,22,23). The average Bonchev–Trinajstić information content (AvgIpc) is 2.91. The number of carbonyl (C=O) groups is 1. The van der Waals surface area contributed by atoms with Crippen LogP contribution in [0.5, 0.6) is 0 Å². The fraction of sp³-hybridized carbons (Fsp3) is 0.111. The third-order valence-corrected chi connectivity index (χ3v) is 4.44. The highest BCUT2D eigenvalue weighted by Crippen LogP contribution is 2.38. The predicted octanol–water partition coefficient (Wildman–Crippen LogP) is 3.67. The molecule has 5 heteroatoms. The van der Waals surface area contributed by atoms with E-state index in [1.807, 2.05) is 31.2 Å². The van der Waals surface area contributed by atoms with Crippen molar-refractivity contribution in [3.63, 3.8) is 0 Å². The third kappa shape index (κ3) is 1.71. The van der Waals surface area contributed by atoms with E-state index in [1.165, 1.54) is 4.57 Å². The molecule has 0 amide bonds. The number of aliphatic hydroxyl groups excluding tert-OH is 1. The molecule has 0 atom stereocenters. The van der Waals surface area contributed by atoms with Gasteiger partial charge >= 0.3 is 6.09 Å². The van der Waals surface area contributed by atoms with Crippen LogP contribution in [0.25, 0.3) is 32.6 Å². The molecule has 114 valence electrons. The summed E-state index contributed by atoms with van der Waals surface area (Å²) < 4.78 is 1.27. The molecule has 2 aromatic heterocycles. The Hall–Kier alpha value is -2.92. The Balaban J connectivity index is 2.43. The summed E-state index contributed by atoms with van der Waals surface area (Å²) in [6, 6.07) is 9.22. The van der Waals surface area contributed by atoms with Gasteiger partial charge in [0.15, 0.2) is 0 Å². The quantitative estimate of drug-likeness (QED) is 0.562. The highest BCUT2D eigenvalue weighted by atomic mass is 16.4. The van der Waals surface area contributed by atoms with E-state index in [0.29, 0.717) is 16.6 Å². The summed E-state index contributed by atoms with van der Waals surface area (Å²) >= 11 is 0. The molecule has 0 aliphatic rings. The van der Waals surface area contributed by atoms with Crippen LogP contribution in [-0.4, -0.2) is 25.9 Å². The number of fused-ring (bicyclic) bond motifs is 4. The van der Waals surface area contributed by atoms with Gasteiger partial charge in [0.05, 0.1) is 17.6 Å². The van der Waals surface area contributed by atoms with Gasteiger partial charge < -0.3 is 10.2 Å². The second-order valence-corrected chi connectivity index (χ2v) is 5.54. The van der Waals surface area contributed by atoms with Crippen molar-refractivity contribution in [2.24, 2.45) is 0 Å². The predicted molar refractivity (Wildman–Crippen MR) is 88.8 cm³/mol. The van der Waals surface area contributed by atoms with Gasteiger partial charge in [-0.25, -0.2) is 9.36 Å². The molecule has 2 heterocycles. The summed E-state index contributed by atoms with van der Waals surface area (Å²) in [5, 5.41) is 23.1. The lowest BCUT2D eigenvalue weighted by Gasteiger charge is -2.11. The number of carboxylic acid groups (broad SMARTS) is 1. The van der Waals surface area contributed by atoms with Crippen molar-refractivity contribution in [2.75, 3.05) is 0 Å². The lowest BCUT2D eigenvalue weighted by molar-refractivity contribution is 0.198. The SMILES string of the molecule is Cc1c2cnccc2c(CO)c2c1c1ccccc1n2C(=O)O. The first-order valence-electron chi connectivity index (χ1n) is 7.27. The van der Waals surface area contributed by atoms with Gasteiger partial charge in [-0.2, -0.15) is 0 Å². The minimum atomic E-state index is -1.06. The second kappa shape index (κ2) is 4.79. The highest BCUT2D eigenvalue weighted by molar-refractivity contribution is 6.19. The molecule has 2 N–H and O–H groups in total. The largest absolute Gasteiger partial charge is 0.464 e. The zero-order valence-electron chi connectivity index (χ0n) is 12.4. The van der Waals surface area contributed by atoms with E-state index in [-0.39, 0.29) is 6.61 Å². The Morgan fingerprint density at radius 3 is 2.70 bits per heavy atom. The molecule has 0 saturated carbocycles. The van der Waals surface area contributed by atoms with Gasteiger partial charge in [-0.3, -0.25) is 4.98 Å². The molecule has 4 aromatic rings. The number of hydrogen-bond donors (Lipinski definition) is 2. The van der Waals surface area contributed by atoms with E-state index >= 15 is 0 Å². The fourth-order valence-electron chi connectivity index (χ4n) is 3.48. The van der Waals surface area contributed by atoms with Crippen LogP contribution in [0.1, 0.15) is 11.1 Å². The number of benzene rings is 2. The van der Waals surface area contributed by atoms with Crippen LogP contribution >= 0.6 is 0 Å². The summed E-state index contributed by atoms with van der Waals surface area (Å²) in [4.78, 5) is 16.0. The zero-order valence-corrected chi connectivity index (χ0v) is 12.4. The van der Waals surface area contributed by atoms with E-state index in [2.05, 4.69) is 4.98 Å². The molecule has 0 saturated heterocycles. The molecule has 0 spiro atoms. The molecule has 0 radical (unpaired) electrons. The van der Waals surface area contributed by atoms with Gasteiger partial charge in [-0.15, -0.1) is 0 Å². The van der Waals surface area contributed by atoms with Crippen LogP contribution in [0.2, 0.25) is 0 Å². The normalized spacial score (nSPS) is 11.6. The lowest BCUT2D eigenvalue weighted by Crippen LogP contribution is -2.09.